The fourth-order valence-electron chi connectivity index (χ4n) is 2.23. The van der Waals surface area contributed by atoms with E-state index in [2.05, 4.69) is 16.0 Å². The highest BCUT2D eigenvalue weighted by Gasteiger charge is 2.17. The summed E-state index contributed by atoms with van der Waals surface area (Å²) < 4.78 is 0. The van der Waals surface area contributed by atoms with E-state index in [1.807, 2.05) is 20.8 Å². The molecular formula is C14H27N3O2. The highest BCUT2D eigenvalue weighted by atomic mass is 16.2. The van der Waals surface area contributed by atoms with E-state index in [0.717, 1.165) is 12.8 Å². The first-order valence-electron chi connectivity index (χ1n) is 7.18. The summed E-state index contributed by atoms with van der Waals surface area (Å²) >= 11 is 0. The van der Waals surface area contributed by atoms with Crippen LogP contribution in [0, 0.1) is 0 Å². The van der Waals surface area contributed by atoms with Gasteiger partial charge in [0.25, 0.3) is 0 Å². The number of rotatable bonds is 6. The van der Waals surface area contributed by atoms with E-state index < -0.39 is 0 Å². The molecule has 3 N–H and O–H groups in total. The van der Waals surface area contributed by atoms with E-state index in [1.165, 1.54) is 12.8 Å². The molecule has 0 unspecified atom stereocenters. The van der Waals surface area contributed by atoms with Crippen molar-refractivity contribution in [3.63, 3.8) is 0 Å². The van der Waals surface area contributed by atoms with Crippen LogP contribution in [-0.2, 0) is 9.59 Å². The number of carbonyl (C=O) groups is 2. The Balaban J connectivity index is 2.03. The van der Waals surface area contributed by atoms with Crippen LogP contribution in [0.3, 0.4) is 0 Å². The van der Waals surface area contributed by atoms with Crippen molar-refractivity contribution in [1.82, 2.24) is 16.0 Å². The Morgan fingerprint density at radius 3 is 2.32 bits per heavy atom. The predicted molar refractivity (Wildman–Crippen MR) is 75.8 cm³/mol. The fraction of sp³-hybridized carbons (Fsp3) is 0.857. The quantitative estimate of drug-likeness (QED) is 0.629. The summed E-state index contributed by atoms with van der Waals surface area (Å²) in [6, 6.07) is 0.360. The number of hydrogen-bond donors (Lipinski definition) is 3. The van der Waals surface area contributed by atoms with Crippen molar-refractivity contribution >= 4 is 11.8 Å². The lowest BCUT2D eigenvalue weighted by atomic mass is 10.1. The normalized spacial score (nSPS) is 16.4. The molecule has 5 heteroatoms. The standard InChI is InChI=1S/C14H27N3O2/c1-14(2,3)17-12(18)8-9-15-10-13(19)16-11-6-4-5-7-11/h11,15H,4-10H2,1-3H3,(H,16,19)(H,17,18). The topological polar surface area (TPSA) is 70.2 Å². The highest BCUT2D eigenvalue weighted by molar-refractivity contribution is 5.79. The largest absolute Gasteiger partial charge is 0.352 e. The minimum absolute atomic E-state index is 0.0104. The van der Waals surface area contributed by atoms with Gasteiger partial charge in [-0.3, -0.25) is 9.59 Å². The second kappa shape index (κ2) is 7.48. The molecule has 0 aromatic rings. The van der Waals surface area contributed by atoms with Gasteiger partial charge in [0, 0.05) is 24.5 Å². The van der Waals surface area contributed by atoms with Crippen molar-refractivity contribution in [3.05, 3.63) is 0 Å². The van der Waals surface area contributed by atoms with E-state index in [1.54, 1.807) is 0 Å². The third kappa shape index (κ3) is 7.82. The Labute approximate surface area is 115 Å². The molecule has 0 aromatic heterocycles. The molecule has 5 nitrogen and oxygen atoms in total. The molecule has 1 aliphatic carbocycles. The van der Waals surface area contributed by atoms with Crippen LogP contribution in [0.25, 0.3) is 0 Å². The van der Waals surface area contributed by atoms with Crippen molar-refractivity contribution in [2.24, 2.45) is 0 Å². The molecule has 0 aliphatic heterocycles. The van der Waals surface area contributed by atoms with Crippen LogP contribution < -0.4 is 16.0 Å². The van der Waals surface area contributed by atoms with Crippen LogP contribution in [0.15, 0.2) is 0 Å². The molecule has 110 valence electrons. The molecule has 0 bridgehead atoms. The van der Waals surface area contributed by atoms with Gasteiger partial charge in [-0.05, 0) is 33.6 Å². The number of nitrogens with one attached hydrogen (secondary N) is 3. The molecule has 1 saturated carbocycles. The molecule has 0 heterocycles. The zero-order chi connectivity index (χ0) is 14.3. The molecule has 0 spiro atoms. The van der Waals surface area contributed by atoms with Gasteiger partial charge >= 0.3 is 0 Å². The second-order valence-corrected chi connectivity index (χ2v) is 6.27. The first kappa shape index (κ1) is 16.0. The van der Waals surface area contributed by atoms with Crippen LogP contribution in [0.5, 0.6) is 0 Å². The number of amides is 2. The Hall–Kier alpha value is -1.10. The molecule has 19 heavy (non-hydrogen) atoms. The van der Waals surface area contributed by atoms with Gasteiger partial charge in [-0.25, -0.2) is 0 Å². The molecule has 1 rings (SSSR count). The van der Waals surface area contributed by atoms with Crippen molar-refractivity contribution < 1.29 is 9.59 Å². The lowest BCUT2D eigenvalue weighted by Gasteiger charge is -2.20. The van der Waals surface area contributed by atoms with E-state index in [-0.39, 0.29) is 17.4 Å². The maximum atomic E-state index is 11.6. The lowest BCUT2D eigenvalue weighted by molar-refractivity contribution is -0.123. The van der Waals surface area contributed by atoms with Crippen LogP contribution in [0.2, 0.25) is 0 Å². The van der Waals surface area contributed by atoms with E-state index >= 15 is 0 Å². The summed E-state index contributed by atoms with van der Waals surface area (Å²) in [5.74, 6) is 0.0410. The van der Waals surface area contributed by atoms with Crippen molar-refractivity contribution in [1.29, 1.82) is 0 Å². The SMILES string of the molecule is CC(C)(C)NC(=O)CCNCC(=O)NC1CCCC1. The summed E-state index contributed by atoms with van der Waals surface area (Å²) in [6.07, 6.45) is 5.02. The first-order chi connectivity index (χ1) is 8.87. The maximum Gasteiger partial charge on any atom is 0.234 e. The summed E-state index contributed by atoms with van der Waals surface area (Å²) in [4.78, 5) is 23.1. The average Bonchev–Trinajstić information content (AvgIpc) is 2.74. The lowest BCUT2D eigenvalue weighted by Crippen LogP contribution is -2.43. The molecule has 1 fully saturated rings. The number of carbonyl (C=O) groups excluding carboxylic acids is 2. The summed E-state index contributed by atoms with van der Waals surface area (Å²) in [7, 11) is 0. The van der Waals surface area contributed by atoms with E-state index in [9.17, 15) is 9.59 Å². The van der Waals surface area contributed by atoms with Gasteiger partial charge in [0.2, 0.25) is 11.8 Å². The zero-order valence-electron chi connectivity index (χ0n) is 12.3. The number of hydrogen-bond acceptors (Lipinski definition) is 3. The van der Waals surface area contributed by atoms with Gasteiger partial charge in [-0.15, -0.1) is 0 Å². The molecule has 0 aromatic carbocycles. The van der Waals surface area contributed by atoms with Gasteiger partial charge in [-0.1, -0.05) is 12.8 Å². The molecule has 1 aliphatic rings. The van der Waals surface area contributed by atoms with Crippen LogP contribution in [0.4, 0.5) is 0 Å². The van der Waals surface area contributed by atoms with Gasteiger partial charge in [0.15, 0.2) is 0 Å². The van der Waals surface area contributed by atoms with Crippen molar-refractivity contribution in [3.8, 4) is 0 Å². The summed E-state index contributed by atoms with van der Waals surface area (Å²) in [6.45, 7) is 6.67. The third-order valence-electron chi connectivity index (χ3n) is 3.05. The Morgan fingerprint density at radius 2 is 1.74 bits per heavy atom. The molecule has 0 radical (unpaired) electrons. The van der Waals surface area contributed by atoms with Crippen molar-refractivity contribution in [2.45, 2.75) is 64.5 Å². The molecule has 0 saturated heterocycles. The van der Waals surface area contributed by atoms with Gasteiger partial charge in [-0.2, -0.15) is 0 Å². The van der Waals surface area contributed by atoms with Gasteiger partial charge < -0.3 is 16.0 Å². The summed E-state index contributed by atoms with van der Waals surface area (Å²) in [5, 5.41) is 8.89. The van der Waals surface area contributed by atoms with Crippen LogP contribution in [0.1, 0.15) is 52.9 Å². The molecule has 2 amide bonds. The van der Waals surface area contributed by atoms with Crippen LogP contribution in [-0.4, -0.2) is 36.5 Å². The molecule has 0 atom stereocenters. The average molecular weight is 269 g/mol. The summed E-state index contributed by atoms with van der Waals surface area (Å²) in [5.41, 5.74) is -0.197. The minimum Gasteiger partial charge on any atom is -0.352 e. The van der Waals surface area contributed by atoms with Crippen LogP contribution >= 0.6 is 0 Å². The third-order valence-corrected chi connectivity index (χ3v) is 3.05. The monoisotopic (exact) mass is 269 g/mol. The van der Waals surface area contributed by atoms with E-state index in [4.69, 9.17) is 0 Å². The Morgan fingerprint density at radius 1 is 1.11 bits per heavy atom. The van der Waals surface area contributed by atoms with E-state index in [0.29, 0.717) is 25.6 Å². The Bertz CT molecular complexity index is 304. The second-order valence-electron chi connectivity index (χ2n) is 6.27. The highest BCUT2D eigenvalue weighted by Crippen LogP contribution is 2.17. The predicted octanol–water partition coefficient (Wildman–Crippen LogP) is 0.940. The zero-order valence-corrected chi connectivity index (χ0v) is 12.3. The maximum absolute atomic E-state index is 11.6. The minimum atomic E-state index is -0.197. The fourth-order valence-corrected chi connectivity index (χ4v) is 2.23. The van der Waals surface area contributed by atoms with Gasteiger partial charge in [0.1, 0.15) is 0 Å². The Kier molecular flexibility index (Phi) is 6.28. The smallest absolute Gasteiger partial charge is 0.234 e. The van der Waals surface area contributed by atoms with Crippen molar-refractivity contribution in [2.75, 3.05) is 13.1 Å². The van der Waals surface area contributed by atoms with Gasteiger partial charge in [0.05, 0.1) is 6.54 Å². The molecular weight excluding hydrogens is 242 g/mol. The first-order valence-corrected chi connectivity index (χ1v) is 7.18.